The Hall–Kier alpha value is -3.79. The molecule has 0 aliphatic heterocycles. The number of aromatic amines is 2. The molecule has 0 fully saturated rings. The van der Waals surface area contributed by atoms with Crippen LogP contribution in [0.3, 0.4) is 0 Å². The Labute approximate surface area is 169 Å². The molecule has 0 bridgehead atoms. The highest BCUT2D eigenvalue weighted by Crippen LogP contribution is 2.24. The Bertz CT molecular complexity index is 1610. The Morgan fingerprint density at radius 3 is 2.70 bits per heavy atom. The summed E-state index contributed by atoms with van der Waals surface area (Å²) in [5.74, 6) is -0.874. The summed E-state index contributed by atoms with van der Waals surface area (Å²) in [6, 6.07) is 11.1. The molecular formula is C20H14FN5O3S. The average molecular weight is 423 g/mol. The average Bonchev–Trinajstić information content (AvgIpc) is 3.28. The van der Waals surface area contributed by atoms with Gasteiger partial charge >= 0.3 is 5.69 Å². The number of hydrogen-bond donors (Lipinski definition) is 2. The number of sulfone groups is 1. The number of hydrogen-bond acceptors (Lipinski definition) is 5. The van der Waals surface area contributed by atoms with Crippen LogP contribution in [0.15, 0.2) is 64.5 Å². The van der Waals surface area contributed by atoms with Gasteiger partial charge < -0.3 is 4.98 Å². The van der Waals surface area contributed by atoms with Crippen molar-refractivity contribution in [1.82, 2.24) is 24.5 Å². The third kappa shape index (κ3) is 2.89. The predicted octanol–water partition coefficient (Wildman–Crippen LogP) is 2.80. The van der Waals surface area contributed by atoms with Crippen LogP contribution in [0.25, 0.3) is 39.1 Å². The minimum absolute atomic E-state index is 0.278. The number of halogens is 1. The molecule has 0 aliphatic rings. The summed E-state index contributed by atoms with van der Waals surface area (Å²) >= 11 is 0. The molecule has 0 amide bonds. The molecule has 0 radical (unpaired) electrons. The number of rotatable bonds is 3. The quantitative estimate of drug-likeness (QED) is 0.463. The smallest absolute Gasteiger partial charge is 0.333 e. The Morgan fingerprint density at radius 1 is 1.10 bits per heavy atom. The zero-order valence-electron chi connectivity index (χ0n) is 15.5. The minimum Gasteiger partial charge on any atom is -0.361 e. The first-order valence-corrected chi connectivity index (χ1v) is 10.8. The molecule has 3 aromatic heterocycles. The summed E-state index contributed by atoms with van der Waals surface area (Å²) in [7, 11) is -3.68. The van der Waals surface area contributed by atoms with Gasteiger partial charge in [-0.05, 0) is 36.4 Å². The van der Waals surface area contributed by atoms with E-state index in [0.717, 1.165) is 23.2 Å². The van der Waals surface area contributed by atoms with Gasteiger partial charge in [0.05, 0.1) is 17.6 Å². The van der Waals surface area contributed by atoms with Gasteiger partial charge in [0.1, 0.15) is 10.7 Å². The molecule has 0 saturated carbocycles. The van der Waals surface area contributed by atoms with Crippen molar-refractivity contribution in [3.8, 4) is 16.9 Å². The van der Waals surface area contributed by atoms with Crippen molar-refractivity contribution in [3.63, 3.8) is 0 Å². The lowest BCUT2D eigenvalue weighted by molar-refractivity contribution is 0.571. The lowest BCUT2D eigenvalue weighted by atomic mass is 10.1. The summed E-state index contributed by atoms with van der Waals surface area (Å²) in [6.45, 7) is 0. The van der Waals surface area contributed by atoms with Gasteiger partial charge in [-0.25, -0.2) is 32.1 Å². The van der Waals surface area contributed by atoms with Crippen LogP contribution in [-0.4, -0.2) is 39.2 Å². The van der Waals surface area contributed by atoms with E-state index in [1.165, 1.54) is 22.9 Å². The van der Waals surface area contributed by atoms with Gasteiger partial charge in [-0.3, -0.25) is 4.98 Å². The van der Waals surface area contributed by atoms with Crippen LogP contribution >= 0.6 is 0 Å². The lowest BCUT2D eigenvalue weighted by Gasteiger charge is -2.06. The standard InChI is InChI=1S/C20H14FN5O3S/c1-30(28,29)17-5-2-11(9-14(17)21)16-10-23-18-19(24-16)26(20(27)25-18)13-3-4-15-12(8-13)6-7-22-15/h2-10,22H,1H3,(H,23,25,27). The molecule has 0 spiro atoms. The predicted molar refractivity (Wildman–Crippen MR) is 110 cm³/mol. The monoisotopic (exact) mass is 423 g/mol. The molecule has 30 heavy (non-hydrogen) atoms. The fraction of sp³-hybridized carbons (Fsp3) is 0.0500. The van der Waals surface area contributed by atoms with Gasteiger partial charge in [0.2, 0.25) is 0 Å². The molecule has 0 aliphatic carbocycles. The summed E-state index contributed by atoms with van der Waals surface area (Å²) in [5.41, 5.74) is 2.33. The molecule has 8 nitrogen and oxygen atoms in total. The van der Waals surface area contributed by atoms with E-state index in [0.29, 0.717) is 16.9 Å². The van der Waals surface area contributed by atoms with E-state index in [1.807, 2.05) is 18.2 Å². The molecule has 2 N–H and O–H groups in total. The van der Waals surface area contributed by atoms with Crippen molar-refractivity contribution in [1.29, 1.82) is 0 Å². The molecule has 0 unspecified atom stereocenters. The molecule has 3 heterocycles. The van der Waals surface area contributed by atoms with Crippen molar-refractivity contribution in [2.24, 2.45) is 0 Å². The van der Waals surface area contributed by atoms with Gasteiger partial charge in [0.15, 0.2) is 21.1 Å². The number of H-pyrrole nitrogens is 2. The second-order valence-corrected chi connectivity index (χ2v) is 8.84. The molecule has 0 atom stereocenters. The molecular weight excluding hydrogens is 409 g/mol. The lowest BCUT2D eigenvalue weighted by Crippen LogP contribution is -2.14. The van der Waals surface area contributed by atoms with E-state index in [-0.39, 0.29) is 11.3 Å². The first-order chi connectivity index (χ1) is 14.3. The van der Waals surface area contributed by atoms with E-state index >= 15 is 0 Å². The third-order valence-electron chi connectivity index (χ3n) is 4.82. The van der Waals surface area contributed by atoms with Gasteiger partial charge in [-0.15, -0.1) is 0 Å². The van der Waals surface area contributed by atoms with Crippen molar-refractivity contribution in [3.05, 3.63) is 71.2 Å². The van der Waals surface area contributed by atoms with Crippen LogP contribution in [0.1, 0.15) is 0 Å². The number of imidazole rings is 1. The van der Waals surface area contributed by atoms with E-state index in [9.17, 15) is 17.6 Å². The van der Waals surface area contributed by atoms with Crippen LogP contribution in [0.5, 0.6) is 0 Å². The summed E-state index contributed by atoms with van der Waals surface area (Å²) in [6.07, 6.45) is 4.14. The fourth-order valence-electron chi connectivity index (χ4n) is 3.40. The SMILES string of the molecule is CS(=O)(=O)c1ccc(-c2cnc3[nH]c(=O)n(-c4ccc5[nH]ccc5c4)c3n2)cc1F. The van der Waals surface area contributed by atoms with Gasteiger partial charge in [-0.1, -0.05) is 6.07 Å². The summed E-state index contributed by atoms with van der Waals surface area (Å²) < 4.78 is 39.0. The molecule has 2 aromatic carbocycles. The van der Waals surface area contributed by atoms with Crippen LogP contribution in [-0.2, 0) is 9.84 Å². The topological polar surface area (TPSA) is 113 Å². The highest BCUT2D eigenvalue weighted by atomic mass is 32.2. The van der Waals surface area contributed by atoms with Crippen LogP contribution < -0.4 is 5.69 Å². The maximum Gasteiger partial charge on any atom is 0.333 e. The molecule has 5 rings (SSSR count). The van der Waals surface area contributed by atoms with Crippen molar-refractivity contribution < 1.29 is 12.8 Å². The summed E-state index contributed by atoms with van der Waals surface area (Å²) in [5, 5.41) is 0.927. The summed E-state index contributed by atoms with van der Waals surface area (Å²) in [4.78, 5) is 26.6. The maximum absolute atomic E-state index is 14.3. The van der Waals surface area contributed by atoms with E-state index in [1.54, 1.807) is 12.3 Å². The van der Waals surface area contributed by atoms with Gasteiger partial charge in [0.25, 0.3) is 0 Å². The van der Waals surface area contributed by atoms with Gasteiger partial charge in [0, 0.05) is 28.9 Å². The zero-order chi connectivity index (χ0) is 21.0. The Balaban J connectivity index is 1.69. The van der Waals surface area contributed by atoms with E-state index in [2.05, 4.69) is 19.9 Å². The number of fused-ring (bicyclic) bond motifs is 2. The molecule has 150 valence electrons. The van der Waals surface area contributed by atoms with Crippen molar-refractivity contribution >= 4 is 32.0 Å². The normalized spacial score (nSPS) is 12.1. The first-order valence-electron chi connectivity index (χ1n) is 8.86. The largest absolute Gasteiger partial charge is 0.361 e. The van der Waals surface area contributed by atoms with Crippen LogP contribution in [0.2, 0.25) is 0 Å². The van der Waals surface area contributed by atoms with Crippen molar-refractivity contribution in [2.75, 3.05) is 6.26 Å². The van der Waals surface area contributed by atoms with Crippen molar-refractivity contribution in [2.45, 2.75) is 4.90 Å². The number of nitrogens with one attached hydrogen (secondary N) is 2. The van der Waals surface area contributed by atoms with Crippen LogP contribution in [0, 0.1) is 5.82 Å². The third-order valence-corrected chi connectivity index (χ3v) is 5.95. The maximum atomic E-state index is 14.3. The van der Waals surface area contributed by atoms with E-state index in [4.69, 9.17) is 0 Å². The van der Waals surface area contributed by atoms with E-state index < -0.39 is 26.2 Å². The zero-order valence-corrected chi connectivity index (χ0v) is 16.4. The number of nitrogens with zero attached hydrogens (tertiary/aromatic N) is 3. The minimum atomic E-state index is -3.68. The first kappa shape index (κ1) is 18.3. The second-order valence-electron chi connectivity index (χ2n) is 6.86. The number of benzene rings is 2. The number of aromatic nitrogens is 5. The highest BCUT2D eigenvalue weighted by molar-refractivity contribution is 7.90. The Morgan fingerprint density at radius 2 is 1.93 bits per heavy atom. The highest BCUT2D eigenvalue weighted by Gasteiger charge is 2.17. The fourth-order valence-corrected chi connectivity index (χ4v) is 4.12. The Kier molecular flexibility index (Phi) is 3.87. The molecule has 0 saturated heterocycles. The van der Waals surface area contributed by atoms with Crippen LogP contribution in [0.4, 0.5) is 4.39 Å². The van der Waals surface area contributed by atoms with Gasteiger partial charge in [-0.2, -0.15) is 0 Å². The molecule has 10 heteroatoms. The molecule has 5 aromatic rings. The second kappa shape index (κ2) is 6.36.